The summed E-state index contributed by atoms with van der Waals surface area (Å²) in [5.41, 5.74) is 1.00. The molecule has 102 valence electrons. The van der Waals surface area contributed by atoms with Crippen molar-refractivity contribution < 1.29 is 4.79 Å². The fourth-order valence-corrected chi connectivity index (χ4v) is 2.23. The van der Waals surface area contributed by atoms with E-state index in [1.54, 1.807) is 23.0 Å². The van der Waals surface area contributed by atoms with Gasteiger partial charge in [0, 0.05) is 18.9 Å². The first-order chi connectivity index (χ1) is 9.09. The third-order valence-electron chi connectivity index (χ3n) is 2.62. The molecule has 0 aliphatic carbocycles. The van der Waals surface area contributed by atoms with Crippen LogP contribution in [-0.2, 0) is 0 Å². The lowest BCUT2D eigenvalue weighted by Gasteiger charge is -2.09. The maximum Gasteiger partial charge on any atom is 0.273 e. The lowest BCUT2D eigenvalue weighted by molar-refractivity contribution is 0.0946. The second-order valence-corrected chi connectivity index (χ2v) is 5.26. The van der Waals surface area contributed by atoms with Crippen LogP contribution in [0.3, 0.4) is 0 Å². The zero-order valence-electron chi connectivity index (χ0n) is 10.9. The number of nitrogens with one attached hydrogen (secondary N) is 1. The Hall–Kier alpha value is -1.47. The number of rotatable bonds is 5. The molecule has 0 bridgehead atoms. The molecular formula is C12H16BrN5O. The molecule has 0 fully saturated rings. The van der Waals surface area contributed by atoms with E-state index < -0.39 is 0 Å². The highest BCUT2D eigenvalue weighted by Gasteiger charge is 2.17. The Morgan fingerprint density at radius 2 is 2.32 bits per heavy atom. The van der Waals surface area contributed by atoms with Crippen molar-refractivity contribution in [2.75, 3.05) is 27.2 Å². The summed E-state index contributed by atoms with van der Waals surface area (Å²) in [5.74, 6) is -0.184. The van der Waals surface area contributed by atoms with Crippen LogP contribution in [0.4, 0.5) is 0 Å². The van der Waals surface area contributed by atoms with E-state index in [4.69, 9.17) is 0 Å². The van der Waals surface area contributed by atoms with Gasteiger partial charge in [0.15, 0.2) is 11.3 Å². The van der Waals surface area contributed by atoms with Crippen molar-refractivity contribution in [2.45, 2.75) is 6.42 Å². The van der Waals surface area contributed by atoms with Crippen LogP contribution in [0.25, 0.3) is 5.65 Å². The smallest absolute Gasteiger partial charge is 0.273 e. The van der Waals surface area contributed by atoms with Crippen LogP contribution in [-0.4, -0.2) is 52.6 Å². The minimum Gasteiger partial charge on any atom is -0.351 e. The Morgan fingerprint density at radius 1 is 1.53 bits per heavy atom. The van der Waals surface area contributed by atoms with Gasteiger partial charge in [-0.25, -0.2) is 9.50 Å². The van der Waals surface area contributed by atoms with Gasteiger partial charge in [0.05, 0.1) is 4.47 Å². The molecule has 1 N–H and O–H groups in total. The maximum absolute atomic E-state index is 12.0. The standard InChI is InChI=1S/C12H16BrN5O/c1-17(2)7-3-6-15-12(19)10-9(13)11-14-5-4-8-18(11)16-10/h4-5,8H,3,6-7H2,1-2H3,(H,15,19). The molecule has 19 heavy (non-hydrogen) atoms. The van der Waals surface area contributed by atoms with Gasteiger partial charge in [0.25, 0.3) is 5.91 Å². The largest absolute Gasteiger partial charge is 0.351 e. The average molecular weight is 326 g/mol. The lowest BCUT2D eigenvalue weighted by Crippen LogP contribution is -2.27. The van der Waals surface area contributed by atoms with Crippen molar-refractivity contribution in [1.29, 1.82) is 0 Å². The molecule has 7 heteroatoms. The number of amides is 1. The summed E-state index contributed by atoms with van der Waals surface area (Å²) in [5, 5.41) is 7.07. The highest BCUT2D eigenvalue weighted by Crippen LogP contribution is 2.20. The average Bonchev–Trinajstić information content (AvgIpc) is 2.72. The summed E-state index contributed by atoms with van der Waals surface area (Å²) < 4.78 is 2.21. The van der Waals surface area contributed by atoms with Crippen molar-refractivity contribution in [1.82, 2.24) is 24.8 Å². The predicted octanol–water partition coefficient (Wildman–Crippen LogP) is 1.17. The summed E-state index contributed by atoms with van der Waals surface area (Å²) in [4.78, 5) is 18.3. The number of carbonyl (C=O) groups excluding carboxylic acids is 1. The molecule has 0 atom stereocenters. The number of carbonyl (C=O) groups is 1. The van der Waals surface area contributed by atoms with Crippen LogP contribution in [0.1, 0.15) is 16.9 Å². The molecule has 1 amide bonds. The number of fused-ring (bicyclic) bond motifs is 1. The maximum atomic E-state index is 12.0. The third-order valence-corrected chi connectivity index (χ3v) is 3.35. The lowest BCUT2D eigenvalue weighted by atomic mass is 10.3. The molecule has 0 spiro atoms. The fourth-order valence-electron chi connectivity index (χ4n) is 1.68. The Labute approximate surface area is 119 Å². The van der Waals surface area contributed by atoms with E-state index in [1.165, 1.54) is 0 Å². The Bertz CT molecular complexity index is 581. The molecule has 0 aliphatic rings. The minimum absolute atomic E-state index is 0.184. The molecule has 2 heterocycles. The summed E-state index contributed by atoms with van der Waals surface area (Å²) in [6.07, 6.45) is 4.33. The van der Waals surface area contributed by atoms with Crippen LogP contribution >= 0.6 is 15.9 Å². The number of halogens is 1. The monoisotopic (exact) mass is 325 g/mol. The number of nitrogens with zero attached hydrogens (tertiary/aromatic N) is 4. The van der Waals surface area contributed by atoms with Crippen molar-refractivity contribution in [3.63, 3.8) is 0 Å². The van der Waals surface area contributed by atoms with Gasteiger partial charge in [-0.1, -0.05) is 0 Å². The van der Waals surface area contributed by atoms with Gasteiger partial charge in [0.2, 0.25) is 0 Å². The summed E-state index contributed by atoms with van der Waals surface area (Å²) >= 11 is 3.37. The van der Waals surface area contributed by atoms with Crippen LogP contribution in [0.15, 0.2) is 22.9 Å². The van der Waals surface area contributed by atoms with E-state index in [-0.39, 0.29) is 5.91 Å². The Balaban J connectivity index is 2.03. The molecule has 0 unspecified atom stereocenters. The van der Waals surface area contributed by atoms with E-state index in [9.17, 15) is 4.79 Å². The molecule has 6 nitrogen and oxygen atoms in total. The van der Waals surface area contributed by atoms with Gasteiger partial charge in [-0.15, -0.1) is 0 Å². The second kappa shape index (κ2) is 6.12. The van der Waals surface area contributed by atoms with Crippen LogP contribution in [0.2, 0.25) is 0 Å². The van der Waals surface area contributed by atoms with Gasteiger partial charge in [0.1, 0.15) is 0 Å². The van der Waals surface area contributed by atoms with Gasteiger partial charge >= 0.3 is 0 Å². The normalized spacial score (nSPS) is 11.2. The zero-order valence-corrected chi connectivity index (χ0v) is 12.5. The molecule has 2 rings (SSSR count). The first-order valence-corrected chi connectivity index (χ1v) is 6.80. The molecule has 0 saturated carbocycles. The van der Waals surface area contributed by atoms with Crippen LogP contribution in [0.5, 0.6) is 0 Å². The van der Waals surface area contributed by atoms with E-state index in [0.717, 1.165) is 13.0 Å². The first-order valence-electron chi connectivity index (χ1n) is 6.01. The highest BCUT2D eigenvalue weighted by atomic mass is 79.9. The molecular weight excluding hydrogens is 310 g/mol. The fraction of sp³-hybridized carbons (Fsp3) is 0.417. The second-order valence-electron chi connectivity index (χ2n) is 4.46. The number of aromatic nitrogens is 3. The van der Waals surface area contributed by atoms with Crippen molar-refractivity contribution in [3.05, 3.63) is 28.6 Å². The molecule has 2 aromatic rings. The molecule has 2 aromatic heterocycles. The Kier molecular flexibility index (Phi) is 4.49. The molecule has 0 radical (unpaired) electrons. The zero-order chi connectivity index (χ0) is 13.8. The first kappa shape index (κ1) is 14.0. The summed E-state index contributed by atoms with van der Waals surface area (Å²) in [7, 11) is 4.01. The number of hydrogen-bond donors (Lipinski definition) is 1. The molecule has 0 aromatic carbocycles. The quantitative estimate of drug-likeness (QED) is 0.838. The third kappa shape index (κ3) is 3.30. The van der Waals surface area contributed by atoms with Gasteiger partial charge < -0.3 is 10.2 Å². The van der Waals surface area contributed by atoms with E-state index in [0.29, 0.717) is 22.4 Å². The summed E-state index contributed by atoms with van der Waals surface area (Å²) in [6.45, 7) is 1.57. The van der Waals surface area contributed by atoms with Crippen LogP contribution < -0.4 is 5.32 Å². The highest BCUT2D eigenvalue weighted by molar-refractivity contribution is 9.10. The predicted molar refractivity (Wildman–Crippen MR) is 76.2 cm³/mol. The van der Waals surface area contributed by atoms with E-state index in [2.05, 4.69) is 36.2 Å². The SMILES string of the molecule is CN(C)CCCNC(=O)c1nn2cccnc2c1Br. The number of hydrogen-bond acceptors (Lipinski definition) is 4. The van der Waals surface area contributed by atoms with E-state index >= 15 is 0 Å². The molecule has 0 saturated heterocycles. The Morgan fingerprint density at radius 3 is 3.00 bits per heavy atom. The van der Waals surface area contributed by atoms with Crippen molar-refractivity contribution in [3.8, 4) is 0 Å². The van der Waals surface area contributed by atoms with E-state index in [1.807, 2.05) is 14.1 Å². The van der Waals surface area contributed by atoms with Crippen LogP contribution in [0, 0.1) is 0 Å². The molecule has 0 aliphatic heterocycles. The van der Waals surface area contributed by atoms with Gasteiger partial charge in [-0.05, 0) is 49.1 Å². The summed E-state index contributed by atoms with van der Waals surface area (Å²) in [6, 6.07) is 1.77. The van der Waals surface area contributed by atoms with Crippen molar-refractivity contribution in [2.24, 2.45) is 0 Å². The van der Waals surface area contributed by atoms with Crippen molar-refractivity contribution >= 4 is 27.5 Å². The minimum atomic E-state index is -0.184. The van der Waals surface area contributed by atoms with Gasteiger partial charge in [-0.3, -0.25) is 4.79 Å². The van der Waals surface area contributed by atoms with Gasteiger partial charge in [-0.2, -0.15) is 5.10 Å². The topological polar surface area (TPSA) is 62.5 Å².